The predicted octanol–water partition coefficient (Wildman–Crippen LogP) is 0.636. The molecule has 6 nitrogen and oxygen atoms in total. The Hall–Kier alpha value is -2.11. The van der Waals surface area contributed by atoms with E-state index in [9.17, 15) is 4.79 Å². The van der Waals surface area contributed by atoms with E-state index in [1.54, 1.807) is 24.3 Å². The van der Waals surface area contributed by atoms with Gasteiger partial charge in [0.25, 0.3) is 5.91 Å². The van der Waals surface area contributed by atoms with E-state index in [1.165, 1.54) is 0 Å². The number of carbonyl (C=O) groups excluding carboxylic acids is 1. The first kappa shape index (κ1) is 11.4. The second-order valence-electron chi connectivity index (χ2n) is 3.76. The zero-order valence-corrected chi connectivity index (χ0v) is 9.90. The van der Waals surface area contributed by atoms with E-state index >= 15 is 0 Å². The Morgan fingerprint density at radius 1 is 1.59 bits per heavy atom. The van der Waals surface area contributed by atoms with Gasteiger partial charge in [-0.2, -0.15) is 5.10 Å². The summed E-state index contributed by atoms with van der Waals surface area (Å²) in [5.74, 6) is -0.130. The van der Waals surface area contributed by atoms with Crippen molar-refractivity contribution in [1.82, 2.24) is 25.1 Å². The van der Waals surface area contributed by atoms with Gasteiger partial charge >= 0.3 is 0 Å². The molecule has 0 radical (unpaired) electrons. The Morgan fingerprint density at radius 3 is 3.00 bits per heavy atom. The summed E-state index contributed by atoms with van der Waals surface area (Å²) in [5.41, 5.74) is 2.36. The molecule has 2 N–H and O–H groups in total. The van der Waals surface area contributed by atoms with Gasteiger partial charge in [0, 0.05) is 13.2 Å². The predicted molar refractivity (Wildman–Crippen MR) is 62.3 cm³/mol. The molecule has 0 unspecified atom stereocenters. The van der Waals surface area contributed by atoms with Gasteiger partial charge < -0.3 is 10.3 Å². The SMILES string of the molecule is CCc1cc(C(=O)NCc2cnc[nH]2)n(C)n1. The van der Waals surface area contributed by atoms with Crippen molar-refractivity contribution in [2.45, 2.75) is 19.9 Å². The molecule has 0 aromatic carbocycles. The van der Waals surface area contributed by atoms with Crippen LogP contribution >= 0.6 is 0 Å². The lowest BCUT2D eigenvalue weighted by atomic mass is 10.3. The van der Waals surface area contributed by atoms with Gasteiger partial charge in [0.1, 0.15) is 5.69 Å². The second kappa shape index (κ2) is 4.82. The van der Waals surface area contributed by atoms with Gasteiger partial charge in [-0.25, -0.2) is 4.98 Å². The molecule has 0 aliphatic rings. The number of hydrogen-bond acceptors (Lipinski definition) is 3. The number of aryl methyl sites for hydroxylation is 2. The largest absolute Gasteiger partial charge is 0.347 e. The van der Waals surface area contributed by atoms with Crippen LogP contribution in [-0.2, 0) is 20.0 Å². The van der Waals surface area contributed by atoms with E-state index in [2.05, 4.69) is 20.4 Å². The lowest BCUT2D eigenvalue weighted by Gasteiger charge is -2.03. The van der Waals surface area contributed by atoms with Crippen molar-refractivity contribution in [3.05, 3.63) is 35.7 Å². The fourth-order valence-corrected chi connectivity index (χ4v) is 1.56. The minimum absolute atomic E-state index is 0.130. The second-order valence-corrected chi connectivity index (χ2v) is 3.76. The molecule has 0 saturated heterocycles. The van der Waals surface area contributed by atoms with Gasteiger partial charge in [-0.15, -0.1) is 0 Å². The number of rotatable bonds is 4. The summed E-state index contributed by atoms with van der Waals surface area (Å²) in [5, 5.41) is 7.04. The zero-order chi connectivity index (χ0) is 12.3. The number of amides is 1. The maximum atomic E-state index is 11.9. The van der Waals surface area contributed by atoms with Crippen LogP contribution in [0.5, 0.6) is 0 Å². The van der Waals surface area contributed by atoms with Gasteiger partial charge in [-0.1, -0.05) is 6.92 Å². The third-order valence-corrected chi connectivity index (χ3v) is 2.52. The molecule has 2 heterocycles. The van der Waals surface area contributed by atoms with Crippen LogP contribution in [0.15, 0.2) is 18.6 Å². The fraction of sp³-hybridized carbons (Fsp3) is 0.364. The molecule has 2 rings (SSSR count). The maximum Gasteiger partial charge on any atom is 0.269 e. The number of nitrogens with one attached hydrogen (secondary N) is 2. The first-order chi connectivity index (χ1) is 8.20. The number of aromatic amines is 1. The highest BCUT2D eigenvalue weighted by atomic mass is 16.2. The van der Waals surface area contributed by atoms with Crippen LogP contribution in [0.25, 0.3) is 0 Å². The molecule has 6 heteroatoms. The van der Waals surface area contributed by atoms with Gasteiger partial charge in [0.15, 0.2) is 0 Å². The molecule has 2 aromatic rings. The van der Waals surface area contributed by atoms with E-state index in [1.807, 2.05) is 13.0 Å². The summed E-state index contributed by atoms with van der Waals surface area (Å²) in [6.07, 6.45) is 4.09. The summed E-state index contributed by atoms with van der Waals surface area (Å²) in [6, 6.07) is 1.81. The van der Waals surface area contributed by atoms with Crippen molar-refractivity contribution in [3.63, 3.8) is 0 Å². The smallest absolute Gasteiger partial charge is 0.269 e. The Balaban J connectivity index is 2.01. The number of aromatic nitrogens is 4. The van der Waals surface area contributed by atoms with Crippen LogP contribution in [0, 0.1) is 0 Å². The third kappa shape index (κ3) is 2.52. The average molecular weight is 233 g/mol. The van der Waals surface area contributed by atoms with Gasteiger partial charge in [-0.3, -0.25) is 9.48 Å². The summed E-state index contributed by atoms with van der Waals surface area (Å²) < 4.78 is 1.60. The van der Waals surface area contributed by atoms with Gasteiger partial charge in [0.05, 0.1) is 24.3 Å². The number of carbonyl (C=O) groups is 1. The molecule has 0 spiro atoms. The van der Waals surface area contributed by atoms with Crippen molar-refractivity contribution in [2.24, 2.45) is 7.05 Å². The Kier molecular flexibility index (Phi) is 3.22. The first-order valence-electron chi connectivity index (χ1n) is 5.49. The van der Waals surface area contributed by atoms with E-state index in [-0.39, 0.29) is 5.91 Å². The van der Waals surface area contributed by atoms with Crippen LogP contribution in [0.1, 0.15) is 28.8 Å². The molecule has 90 valence electrons. The lowest BCUT2D eigenvalue weighted by Crippen LogP contribution is -2.25. The quantitative estimate of drug-likeness (QED) is 0.813. The zero-order valence-electron chi connectivity index (χ0n) is 9.90. The summed E-state index contributed by atoms with van der Waals surface area (Å²) in [7, 11) is 1.77. The minimum atomic E-state index is -0.130. The van der Waals surface area contributed by atoms with Crippen LogP contribution in [0.2, 0.25) is 0 Å². The number of hydrogen-bond donors (Lipinski definition) is 2. The van der Waals surface area contributed by atoms with E-state index in [4.69, 9.17) is 0 Å². The molecule has 0 aliphatic carbocycles. The molecule has 2 aromatic heterocycles. The Morgan fingerprint density at radius 2 is 2.41 bits per heavy atom. The summed E-state index contributed by atoms with van der Waals surface area (Å²) in [6.45, 7) is 2.44. The summed E-state index contributed by atoms with van der Waals surface area (Å²) >= 11 is 0. The molecule has 17 heavy (non-hydrogen) atoms. The number of H-pyrrole nitrogens is 1. The highest BCUT2D eigenvalue weighted by Gasteiger charge is 2.12. The molecular weight excluding hydrogens is 218 g/mol. The monoisotopic (exact) mass is 233 g/mol. The van der Waals surface area contributed by atoms with Gasteiger partial charge in [0.2, 0.25) is 0 Å². The van der Waals surface area contributed by atoms with Crippen molar-refractivity contribution < 1.29 is 4.79 Å². The van der Waals surface area contributed by atoms with E-state index in [0.717, 1.165) is 17.8 Å². The Bertz CT molecular complexity index is 500. The minimum Gasteiger partial charge on any atom is -0.347 e. The van der Waals surface area contributed by atoms with Crippen LogP contribution < -0.4 is 5.32 Å². The third-order valence-electron chi connectivity index (χ3n) is 2.52. The fourth-order valence-electron chi connectivity index (χ4n) is 1.56. The molecule has 0 saturated carbocycles. The van der Waals surface area contributed by atoms with E-state index < -0.39 is 0 Å². The van der Waals surface area contributed by atoms with Crippen molar-refractivity contribution in [1.29, 1.82) is 0 Å². The normalized spacial score (nSPS) is 10.5. The molecule has 0 bridgehead atoms. The van der Waals surface area contributed by atoms with Crippen LogP contribution in [-0.4, -0.2) is 25.7 Å². The van der Waals surface area contributed by atoms with Crippen molar-refractivity contribution in [2.75, 3.05) is 0 Å². The molecular formula is C11H15N5O. The highest BCUT2D eigenvalue weighted by Crippen LogP contribution is 2.04. The molecule has 1 amide bonds. The number of nitrogens with zero attached hydrogens (tertiary/aromatic N) is 3. The number of imidazole rings is 1. The highest BCUT2D eigenvalue weighted by molar-refractivity contribution is 5.92. The average Bonchev–Trinajstić information content (AvgIpc) is 2.94. The first-order valence-corrected chi connectivity index (χ1v) is 5.49. The topological polar surface area (TPSA) is 75.6 Å². The van der Waals surface area contributed by atoms with Crippen LogP contribution in [0.3, 0.4) is 0 Å². The Labute approximate surface area is 99.1 Å². The van der Waals surface area contributed by atoms with E-state index in [0.29, 0.717) is 12.2 Å². The molecule has 0 aliphatic heterocycles. The van der Waals surface area contributed by atoms with Gasteiger partial charge in [-0.05, 0) is 12.5 Å². The molecule has 0 atom stereocenters. The summed E-state index contributed by atoms with van der Waals surface area (Å²) in [4.78, 5) is 18.7. The lowest BCUT2D eigenvalue weighted by molar-refractivity contribution is 0.0941. The van der Waals surface area contributed by atoms with Crippen molar-refractivity contribution >= 4 is 5.91 Å². The molecule has 0 fully saturated rings. The van der Waals surface area contributed by atoms with Crippen molar-refractivity contribution in [3.8, 4) is 0 Å². The maximum absolute atomic E-state index is 11.9. The standard InChI is InChI=1S/C11H15N5O/c1-3-8-4-10(16(2)15-8)11(17)13-6-9-5-12-7-14-9/h4-5,7H,3,6H2,1-2H3,(H,12,14)(H,13,17). The van der Waals surface area contributed by atoms with Crippen LogP contribution in [0.4, 0.5) is 0 Å².